The summed E-state index contributed by atoms with van der Waals surface area (Å²) in [6.45, 7) is 2.35. The van der Waals surface area contributed by atoms with Crippen LogP contribution < -0.4 is 15.8 Å². The number of ether oxygens (including phenoxy) is 1. The molecule has 23 heavy (non-hydrogen) atoms. The van der Waals surface area contributed by atoms with Crippen LogP contribution in [0.5, 0.6) is 5.75 Å². The van der Waals surface area contributed by atoms with Crippen molar-refractivity contribution in [2.45, 2.75) is 51.1 Å². The summed E-state index contributed by atoms with van der Waals surface area (Å²) >= 11 is 0. The van der Waals surface area contributed by atoms with E-state index in [9.17, 15) is 4.79 Å². The molecule has 126 valence electrons. The lowest BCUT2D eigenvalue weighted by Gasteiger charge is -2.45. The SMILES string of the molecule is CC(COc1ccccc1)C(=O)NC1C2CCCC1CC(N)C2. The van der Waals surface area contributed by atoms with Crippen molar-refractivity contribution in [2.75, 3.05) is 6.61 Å². The Morgan fingerprint density at radius 3 is 2.57 bits per heavy atom. The number of amides is 1. The van der Waals surface area contributed by atoms with Gasteiger partial charge in [0.1, 0.15) is 5.75 Å². The number of nitrogens with two attached hydrogens (primary N) is 1. The first-order chi connectivity index (χ1) is 11.1. The van der Waals surface area contributed by atoms with Gasteiger partial charge in [0.05, 0.1) is 12.5 Å². The van der Waals surface area contributed by atoms with E-state index < -0.39 is 0 Å². The van der Waals surface area contributed by atoms with Gasteiger partial charge in [0.15, 0.2) is 0 Å². The second-order valence-electron chi connectivity index (χ2n) is 7.24. The van der Waals surface area contributed by atoms with Crippen molar-refractivity contribution in [1.82, 2.24) is 5.32 Å². The molecule has 1 aromatic carbocycles. The average molecular weight is 316 g/mol. The fourth-order valence-corrected chi connectivity index (χ4v) is 4.14. The van der Waals surface area contributed by atoms with Crippen molar-refractivity contribution in [1.29, 1.82) is 0 Å². The van der Waals surface area contributed by atoms with Crippen LogP contribution >= 0.6 is 0 Å². The molecule has 3 atom stereocenters. The summed E-state index contributed by atoms with van der Waals surface area (Å²) in [5, 5.41) is 3.30. The summed E-state index contributed by atoms with van der Waals surface area (Å²) in [4.78, 5) is 12.5. The second-order valence-corrected chi connectivity index (χ2v) is 7.24. The molecule has 2 saturated carbocycles. The first-order valence-electron chi connectivity index (χ1n) is 8.87. The minimum atomic E-state index is -0.147. The van der Waals surface area contributed by atoms with Crippen molar-refractivity contribution in [3.05, 3.63) is 30.3 Å². The number of hydrogen-bond acceptors (Lipinski definition) is 3. The fourth-order valence-electron chi connectivity index (χ4n) is 4.14. The molecule has 4 nitrogen and oxygen atoms in total. The Hall–Kier alpha value is -1.55. The van der Waals surface area contributed by atoms with Gasteiger partial charge in [-0.05, 0) is 49.7 Å². The van der Waals surface area contributed by atoms with E-state index >= 15 is 0 Å². The summed E-state index contributed by atoms with van der Waals surface area (Å²) in [5.41, 5.74) is 6.16. The zero-order valence-corrected chi connectivity index (χ0v) is 13.9. The molecule has 0 saturated heterocycles. The Bertz CT molecular complexity index is 505. The predicted octanol–water partition coefficient (Wildman–Crippen LogP) is 2.72. The first-order valence-corrected chi connectivity index (χ1v) is 8.87. The monoisotopic (exact) mass is 316 g/mol. The van der Waals surface area contributed by atoms with Gasteiger partial charge in [0.2, 0.25) is 5.91 Å². The minimum absolute atomic E-state index is 0.110. The maximum atomic E-state index is 12.5. The lowest BCUT2D eigenvalue weighted by Crippen LogP contribution is -2.54. The smallest absolute Gasteiger partial charge is 0.226 e. The summed E-state index contributed by atoms with van der Waals surface area (Å²) in [6.07, 6.45) is 5.78. The van der Waals surface area contributed by atoms with Crippen LogP contribution in [0.3, 0.4) is 0 Å². The number of carbonyl (C=O) groups excluding carboxylic acids is 1. The molecule has 0 heterocycles. The molecule has 1 amide bonds. The highest BCUT2D eigenvalue weighted by atomic mass is 16.5. The van der Waals surface area contributed by atoms with E-state index in [0.717, 1.165) is 18.6 Å². The van der Waals surface area contributed by atoms with E-state index in [4.69, 9.17) is 10.5 Å². The number of nitrogens with one attached hydrogen (secondary N) is 1. The summed E-state index contributed by atoms with van der Waals surface area (Å²) in [7, 11) is 0. The van der Waals surface area contributed by atoms with Crippen LogP contribution in [0.25, 0.3) is 0 Å². The van der Waals surface area contributed by atoms with Crippen molar-refractivity contribution >= 4 is 5.91 Å². The number of hydrogen-bond donors (Lipinski definition) is 2. The molecule has 2 aliphatic carbocycles. The molecule has 0 radical (unpaired) electrons. The van der Waals surface area contributed by atoms with Crippen LogP contribution in [0.15, 0.2) is 30.3 Å². The quantitative estimate of drug-likeness (QED) is 0.878. The van der Waals surface area contributed by atoms with Crippen LogP contribution in [0.2, 0.25) is 0 Å². The van der Waals surface area contributed by atoms with Crippen molar-refractivity contribution < 1.29 is 9.53 Å². The molecular weight excluding hydrogens is 288 g/mol. The molecule has 0 aromatic heterocycles. The Balaban J connectivity index is 1.52. The predicted molar refractivity (Wildman–Crippen MR) is 91.1 cm³/mol. The van der Waals surface area contributed by atoms with E-state index in [-0.39, 0.29) is 11.8 Å². The highest BCUT2D eigenvalue weighted by Crippen LogP contribution is 2.39. The van der Waals surface area contributed by atoms with Gasteiger partial charge < -0.3 is 15.8 Å². The van der Waals surface area contributed by atoms with Crippen LogP contribution in [0.4, 0.5) is 0 Å². The van der Waals surface area contributed by atoms with Gasteiger partial charge in [-0.25, -0.2) is 0 Å². The molecule has 0 aliphatic heterocycles. The van der Waals surface area contributed by atoms with Crippen LogP contribution in [0.1, 0.15) is 39.0 Å². The van der Waals surface area contributed by atoms with Crippen LogP contribution in [-0.2, 0) is 4.79 Å². The molecule has 2 bridgehead atoms. The molecular formula is C19H28N2O2. The number of fused-ring (bicyclic) bond motifs is 2. The summed E-state index contributed by atoms with van der Waals surface area (Å²) < 4.78 is 5.71. The fraction of sp³-hybridized carbons (Fsp3) is 0.632. The standard InChI is InChI=1S/C19H28N2O2/c1-13(12-23-17-8-3-2-4-9-17)19(22)21-18-14-6-5-7-15(18)11-16(20)10-14/h2-4,8-9,13-16,18H,5-7,10-12,20H2,1H3,(H,21,22). The minimum Gasteiger partial charge on any atom is -0.493 e. The lowest BCUT2D eigenvalue weighted by molar-refractivity contribution is -0.127. The Morgan fingerprint density at radius 2 is 1.91 bits per heavy atom. The second kappa shape index (κ2) is 7.35. The van der Waals surface area contributed by atoms with Gasteiger partial charge >= 0.3 is 0 Å². The van der Waals surface area contributed by atoms with E-state index in [0.29, 0.717) is 30.5 Å². The normalized spacial score (nSPS) is 31.2. The van der Waals surface area contributed by atoms with E-state index in [1.54, 1.807) is 0 Å². The van der Waals surface area contributed by atoms with Gasteiger partial charge in [-0.1, -0.05) is 31.5 Å². The largest absolute Gasteiger partial charge is 0.493 e. The Morgan fingerprint density at radius 1 is 1.26 bits per heavy atom. The van der Waals surface area contributed by atoms with E-state index in [2.05, 4.69) is 5.32 Å². The number of benzene rings is 1. The third-order valence-electron chi connectivity index (χ3n) is 5.38. The third kappa shape index (κ3) is 4.05. The summed E-state index contributed by atoms with van der Waals surface area (Å²) in [5.74, 6) is 1.89. The van der Waals surface area contributed by atoms with Gasteiger partial charge in [-0.3, -0.25) is 4.79 Å². The van der Waals surface area contributed by atoms with Gasteiger partial charge in [-0.2, -0.15) is 0 Å². The zero-order valence-electron chi connectivity index (χ0n) is 13.9. The van der Waals surface area contributed by atoms with E-state index in [1.807, 2.05) is 37.3 Å². The third-order valence-corrected chi connectivity index (χ3v) is 5.38. The van der Waals surface area contributed by atoms with E-state index in [1.165, 1.54) is 19.3 Å². The Kier molecular flexibility index (Phi) is 5.21. The topological polar surface area (TPSA) is 64.3 Å². The highest BCUT2D eigenvalue weighted by Gasteiger charge is 2.40. The molecule has 1 aromatic rings. The molecule has 3 N–H and O–H groups in total. The Labute approximate surface area is 138 Å². The molecule has 0 spiro atoms. The number of rotatable bonds is 5. The van der Waals surface area contributed by atoms with Gasteiger partial charge in [0.25, 0.3) is 0 Å². The summed E-state index contributed by atoms with van der Waals surface area (Å²) in [6, 6.07) is 10.3. The maximum absolute atomic E-state index is 12.5. The van der Waals surface area contributed by atoms with Crippen LogP contribution in [0, 0.1) is 17.8 Å². The molecule has 3 rings (SSSR count). The molecule has 2 fully saturated rings. The number of carbonyl (C=O) groups is 1. The van der Waals surface area contributed by atoms with Crippen molar-refractivity contribution in [2.24, 2.45) is 23.5 Å². The maximum Gasteiger partial charge on any atom is 0.226 e. The first kappa shape index (κ1) is 16.3. The zero-order chi connectivity index (χ0) is 16.2. The van der Waals surface area contributed by atoms with Crippen molar-refractivity contribution in [3.63, 3.8) is 0 Å². The lowest BCUT2D eigenvalue weighted by atomic mass is 9.67. The highest BCUT2D eigenvalue weighted by molar-refractivity contribution is 5.78. The molecule has 3 unspecified atom stereocenters. The number of para-hydroxylation sites is 1. The van der Waals surface area contributed by atoms with Gasteiger partial charge in [-0.15, -0.1) is 0 Å². The average Bonchev–Trinajstić information content (AvgIpc) is 2.54. The van der Waals surface area contributed by atoms with Gasteiger partial charge in [0, 0.05) is 12.1 Å². The van der Waals surface area contributed by atoms with Crippen LogP contribution in [-0.4, -0.2) is 24.6 Å². The molecule has 4 heteroatoms. The molecule has 2 aliphatic rings. The van der Waals surface area contributed by atoms with Crippen molar-refractivity contribution in [3.8, 4) is 5.75 Å².